The molecule has 0 heterocycles. The summed E-state index contributed by atoms with van der Waals surface area (Å²) in [7, 11) is 0. The first-order valence-corrected chi connectivity index (χ1v) is 7.05. The molecule has 1 saturated carbocycles. The number of nitrogens with one attached hydrogen (secondary N) is 1. The molecule has 2 heteroatoms. The summed E-state index contributed by atoms with van der Waals surface area (Å²) in [6.07, 6.45) is 4.87. The van der Waals surface area contributed by atoms with E-state index in [1.807, 2.05) is 12.1 Å². The van der Waals surface area contributed by atoms with Crippen LogP contribution in [0.3, 0.4) is 0 Å². The molecular weight excluding hydrogens is 225 g/mol. The monoisotopic (exact) mass is 249 g/mol. The summed E-state index contributed by atoms with van der Waals surface area (Å²) < 4.78 is 13.2. The van der Waals surface area contributed by atoms with Crippen LogP contribution in [0.1, 0.15) is 38.7 Å². The quantitative estimate of drug-likeness (QED) is 0.809. The fraction of sp³-hybridized carbons (Fsp3) is 0.625. The van der Waals surface area contributed by atoms with Crippen molar-refractivity contribution in [2.75, 3.05) is 13.1 Å². The minimum atomic E-state index is -0.114. The number of rotatable bonds is 6. The van der Waals surface area contributed by atoms with Gasteiger partial charge in [0, 0.05) is 6.54 Å². The second kappa shape index (κ2) is 5.83. The Morgan fingerprint density at radius 1 is 1.33 bits per heavy atom. The summed E-state index contributed by atoms with van der Waals surface area (Å²) in [5, 5.41) is 3.57. The molecule has 0 aromatic heterocycles. The van der Waals surface area contributed by atoms with Crippen molar-refractivity contribution in [3.05, 3.63) is 35.6 Å². The minimum absolute atomic E-state index is 0.114. The van der Waals surface area contributed by atoms with Crippen molar-refractivity contribution in [2.45, 2.75) is 39.5 Å². The average molecular weight is 249 g/mol. The van der Waals surface area contributed by atoms with Crippen LogP contribution in [-0.4, -0.2) is 13.1 Å². The molecule has 2 rings (SSSR count). The van der Waals surface area contributed by atoms with E-state index in [2.05, 4.69) is 19.2 Å². The predicted octanol–water partition coefficient (Wildman–Crippen LogP) is 3.78. The van der Waals surface area contributed by atoms with Gasteiger partial charge in [-0.15, -0.1) is 0 Å². The average Bonchev–Trinajstić information content (AvgIpc) is 2.25. The third kappa shape index (κ3) is 3.55. The van der Waals surface area contributed by atoms with E-state index in [9.17, 15) is 4.39 Å². The Labute approximate surface area is 110 Å². The molecular formula is C16H24FN. The highest BCUT2D eigenvalue weighted by atomic mass is 19.1. The lowest BCUT2D eigenvalue weighted by atomic mass is 9.65. The second-order valence-electron chi connectivity index (χ2n) is 6.18. The first-order valence-electron chi connectivity index (χ1n) is 7.05. The number of hydrogen-bond donors (Lipinski definition) is 1. The van der Waals surface area contributed by atoms with E-state index in [0.29, 0.717) is 11.3 Å². The molecule has 0 spiro atoms. The van der Waals surface area contributed by atoms with E-state index < -0.39 is 0 Å². The SMILES string of the molecule is CC(C)CNCC1(Cc2cccc(F)c2)CCC1. The molecule has 0 radical (unpaired) electrons. The molecule has 0 bridgehead atoms. The fourth-order valence-corrected chi connectivity index (χ4v) is 2.80. The molecule has 1 N–H and O–H groups in total. The van der Waals surface area contributed by atoms with Gasteiger partial charge in [0.2, 0.25) is 0 Å². The van der Waals surface area contributed by atoms with Crippen LogP contribution in [0.5, 0.6) is 0 Å². The number of halogens is 1. The Balaban J connectivity index is 1.91. The Bertz CT molecular complexity index is 382. The van der Waals surface area contributed by atoms with Gasteiger partial charge in [-0.05, 0) is 54.8 Å². The van der Waals surface area contributed by atoms with Crippen LogP contribution in [0.25, 0.3) is 0 Å². The van der Waals surface area contributed by atoms with Crippen LogP contribution in [0.2, 0.25) is 0 Å². The molecule has 0 amide bonds. The third-order valence-electron chi connectivity index (χ3n) is 3.93. The van der Waals surface area contributed by atoms with Crippen LogP contribution >= 0.6 is 0 Å². The summed E-state index contributed by atoms with van der Waals surface area (Å²) in [4.78, 5) is 0. The van der Waals surface area contributed by atoms with Crippen LogP contribution < -0.4 is 5.32 Å². The Morgan fingerprint density at radius 3 is 2.67 bits per heavy atom. The maximum absolute atomic E-state index is 13.2. The molecule has 1 aliphatic rings. The smallest absolute Gasteiger partial charge is 0.123 e. The van der Waals surface area contributed by atoms with Gasteiger partial charge in [-0.25, -0.2) is 4.39 Å². The molecule has 1 aliphatic carbocycles. The van der Waals surface area contributed by atoms with E-state index in [0.717, 1.165) is 25.1 Å². The number of hydrogen-bond acceptors (Lipinski definition) is 1. The maximum atomic E-state index is 13.2. The van der Waals surface area contributed by atoms with Crippen molar-refractivity contribution >= 4 is 0 Å². The van der Waals surface area contributed by atoms with Crippen molar-refractivity contribution in [3.8, 4) is 0 Å². The summed E-state index contributed by atoms with van der Waals surface area (Å²) in [6, 6.07) is 7.07. The lowest BCUT2D eigenvalue weighted by Crippen LogP contribution is -2.42. The van der Waals surface area contributed by atoms with E-state index in [1.165, 1.54) is 25.3 Å². The summed E-state index contributed by atoms with van der Waals surface area (Å²) in [5.41, 5.74) is 1.52. The summed E-state index contributed by atoms with van der Waals surface area (Å²) in [5.74, 6) is 0.577. The summed E-state index contributed by atoms with van der Waals surface area (Å²) >= 11 is 0. The zero-order valence-electron chi connectivity index (χ0n) is 11.5. The lowest BCUT2D eigenvalue weighted by molar-refractivity contribution is 0.129. The summed E-state index contributed by atoms with van der Waals surface area (Å²) in [6.45, 7) is 6.60. The van der Waals surface area contributed by atoms with Gasteiger partial charge in [-0.1, -0.05) is 32.4 Å². The second-order valence-corrected chi connectivity index (χ2v) is 6.18. The van der Waals surface area contributed by atoms with E-state index in [4.69, 9.17) is 0 Å². The molecule has 100 valence electrons. The number of benzene rings is 1. The van der Waals surface area contributed by atoms with Gasteiger partial charge in [0.15, 0.2) is 0 Å². The highest BCUT2D eigenvalue weighted by Gasteiger charge is 2.36. The topological polar surface area (TPSA) is 12.0 Å². The molecule has 0 aliphatic heterocycles. The zero-order valence-corrected chi connectivity index (χ0v) is 11.5. The Hall–Kier alpha value is -0.890. The van der Waals surface area contributed by atoms with Gasteiger partial charge in [-0.3, -0.25) is 0 Å². The van der Waals surface area contributed by atoms with E-state index >= 15 is 0 Å². The molecule has 0 saturated heterocycles. The van der Waals surface area contributed by atoms with Gasteiger partial charge in [0.1, 0.15) is 5.82 Å². The van der Waals surface area contributed by atoms with Crippen molar-refractivity contribution in [3.63, 3.8) is 0 Å². The molecule has 1 nitrogen and oxygen atoms in total. The first-order chi connectivity index (χ1) is 8.60. The normalized spacial score (nSPS) is 17.8. The Morgan fingerprint density at radius 2 is 2.11 bits per heavy atom. The molecule has 0 atom stereocenters. The van der Waals surface area contributed by atoms with Crippen molar-refractivity contribution < 1.29 is 4.39 Å². The Kier molecular flexibility index (Phi) is 4.39. The van der Waals surface area contributed by atoms with Crippen molar-refractivity contribution in [2.24, 2.45) is 11.3 Å². The first kappa shape index (κ1) is 13.5. The van der Waals surface area contributed by atoms with Gasteiger partial charge < -0.3 is 5.32 Å². The fourth-order valence-electron chi connectivity index (χ4n) is 2.80. The maximum Gasteiger partial charge on any atom is 0.123 e. The van der Waals surface area contributed by atoms with Crippen LogP contribution in [0.15, 0.2) is 24.3 Å². The van der Waals surface area contributed by atoms with Gasteiger partial charge in [0.25, 0.3) is 0 Å². The molecule has 0 unspecified atom stereocenters. The third-order valence-corrected chi connectivity index (χ3v) is 3.93. The van der Waals surface area contributed by atoms with E-state index in [1.54, 1.807) is 6.07 Å². The van der Waals surface area contributed by atoms with Gasteiger partial charge in [0.05, 0.1) is 0 Å². The molecule has 1 aromatic carbocycles. The van der Waals surface area contributed by atoms with Gasteiger partial charge >= 0.3 is 0 Å². The minimum Gasteiger partial charge on any atom is -0.316 e. The van der Waals surface area contributed by atoms with Crippen LogP contribution in [0.4, 0.5) is 4.39 Å². The van der Waals surface area contributed by atoms with Crippen LogP contribution in [0, 0.1) is 17.2 Å². The van der Waals surface area contributed by atoms with E-state index in [-0.39, 0.29) is 5.82 Å². The molecule has 1 aromatic rings. The lowest BCUT2D eigenvalue weighted by Gasteiger charge is -2.42. The van der Waals surface area contributed by atoms with Gasteiger partial charge in [-0.2, -0.15) is 0 Å². The highest BCUT2D eigenvalue weighted by molar-refractivity contribution is 5.19. The standard InChI is InChI=1S/C16H24FN/c1-13(2)11-18-12-16(7-4-8-16)10-14-5-3-6-15(17)9-14/h3,5-6,9,13,18H,4,7-8,10-12H2,1-2H3. The van der Waals surface area contributed by atoms with Crippen molar-refractivity contribution in [1.29, 1.82) is 0 Å². The largest absolute Gasteiger partial charge is 0.316 e. The highest BCUT2D eigenvalue weighted by Crippen LogP contribution is 2.43. The van der Waals surface area contributed by atoms with Crippen LogP contribution in [-0.2, 0) is 6.42 Å². The molecule has 1 fully saturated rings. The molecule has 18 heavy (non-hydrogen) atoms. The van der Waals surface area contributed by atoms with Crippen molar-refractivity contribution in [1.82, 2.24) is 5.32 Å². The predicted molar refractivity (Wildman–Crippen MR) is 74.1 cm³/mol. The zero-order chi connectivity index (χ0) is 13.0.